The Morgan fingerprint density at radius 1 is 1.37 bits per heavy atom. The number of H-pyrrole nitrogens is 1. The smallest absolute Gasteiger partial charge is 0.382 e. The summed E-state index contributed by atoms with van der Waals surface area (Å²) in [4.78, 5) is 12.6. The van der Waals surface area contributed by atoms with E-state index in [4.69, 9.17) is 5.73 Å². The first kappa shape index (κ1) is 19.6. The molecule has 0 spiro atoms. The molecule has 0 saturated heterocycles. The summed E-state index contributed by atoms with van der Waals surface area (Å²) in [5.74, 6) is -1.38. The fourth-order valence-corrected chi connectivity index (χ4v) is 3.27. The molecule has 0 aliphatic carbocycles. The van der Waals surface area contributed by atoms with E-state index in [2.05, 4.69) is 20.6 Å². The zero-order valence-corrected chi connectivity index (χ0v) is 16.1. The van der Waals surface area contributed by atoms with E-state index < -0.39 is 23.6 Å². The second kappa shape index (κ2) is 7.84. The Bertz CT molecular complexity index is 866. The number of hydrogen-bond donors (Lipinski definition) is 3. The molecule has 27 heavy (non-hydrogen) atoms. The van der Waals surface area contributed by atoms with Crippen molar-refractivity contribution < 1.29 is 18.0 Å². The summed E-state index contributed by atoms with van der Waals surface area (Å²) in [6.45, 7) is 1.10. The van der Waals surface area contributed by atoms with Crippen LogP contribution in [0.2, 0.25) is 0 Å². The van der Waals surface area contributed by atoms with E-state index in [0.29, 0.717) is 30.2 Å². The summed E-state index contributed by atoms with van der Waals surface area (Å²) in [5, 5.41) is 14.1. The first-order valence-corrected chi connectivity index (χ1v) is 9.02. The number of rotatable bonds is 6. The summed E-state index contributed by atoms with van der Waals surface area (Å²) in [7, 11) is 0. The molecule has 2 heterocycles. The Labute approximate surface area is 166 Å². The Kier molecular flexibility index (Phi) is 5.69. The van der Waals surface area contributed by atoms with Crippen molar-refractivity contribution in [2.75, 3.05) is 18.4 Å². The summed E-state index contributed by atoms with van der Waals surface area (Å²) in [6, 6.07) is 4.72. The lowest BCUT2D eigenvalue weighted by atomic mass is 9.91. The van der Waals surface area contributed by atoms with Crippen molar-refractivity contribution in [3.05, 3.63) is 47.3 Å². The summed E-state index contributed by atoms with van der Waals surface area (Å²) in [5.41, 5.74) is 6.26. The van der Waals surface area contributed by atoms with E-state index in [1.807, 2.05) is 0 Å². The molecule has 7 nitrogen and oxygen atoms in total. The summed E-state index contributed by atoms with van der Waals surface area (Å²) >= 11 is 1.71. The van der Waals surface area contributed by atoms with Crippen LogP contribution in [-0.4, -0.2) is 38.1 Å². The van der Waals surface area contributed by atoms with Gasteiger partial charge in [-0.05, 0) is 24.6 Å². The monoisotopic (exact) mass is 492 g/mol. The van der Waals surface area contributed by atoms with Crippen LogP contribution in [0.4, 0.5) is 18.9 Å². The zero-order chi connectivity index (χ0) is 19.6. The van der Waals surface area contributed by atoms with Crippen molar-refractivity contribution in [3.8, 4) is 0 Å². The van der Waals surface area contributed by atoms with Gasteiger partial charge in [-0.1, -0.05) is 18.2 Å². The SMILES string of the molecule is NCCCNc1cn[nH]c1C1=NN(I)C(=O)C1c1cccc(C(F)(F)F)c1. The van der Waals surface area contributed by atoms with Crippen LogP contribution in [0.5, 0.6) is 0 Å². The molecule has 3 rings (SSSR count). The van der Waals surface area contributed by atoms with Crippen LogP contribution in [0.1, 0.15) is 29.2 Å². The number of aromatic nitrogens is 2. The predicted molar refractivity (Wildman–Crippen MR) is 102 cm³/mol. The van der Waals surface area contributed by atoms with Crippen molar-refractivity contribution in [2.24, 2.45) is 10.8 Å². The van der Waals surface area contributed by atoms with Gasteiger partial charge in [0, 0.05) is 6.54 Å². The maximum atomic E-state index is 13.1. The number of amides is 1. The molecular formula is C16H16F3IN6O. The van der Waals surface area contributed by atoms with Gasteiger partial charge in [-0.3, -0.25) is 9.89 Å². The van der Waals surface area contributed by atoms with E-state index in [9.17, 15) is 18.0 Å². The standard InChI is InChI=1S/C16H16F3IN6O/c17-16(18,19)10-4-1-3-9(7-10)12-14(25-26(20)15(12)27)13-11(8-23-24-13)22-6-2-5-21/h1,3-4,7-8,12,22H,2,5-6,21H2,(H,23,24). The van der Waals surface area contributed by atoms with Gasteiger partial charge >= 0.3 is 6.18 Å². The Morgan fingerprint density at radius 3 is 2.85 bits per heavy atom. The lowest BCUT2D eigenvalue weighted by Gasteiger charge is -2.14. The molecule has 1 unspecified atom stereocenters. The second-order valence-electron chi connectivity index (χ2n) is 5.87. The van der Waals surface area contributed by atoms with E-state index in [0.717, 1.165) is 21.8 Å². The number of anilines is 1. The molecule has 144 valence electrons. The number of benzene rings is 1. The van der Waals surface area contributed by atoms with Gasteiger partial charge in [0.1, 0.15) is 17.3 Å². The zero-order valence-electron chi connectivity index (χ0n) is 13.9. The van der Waals surface area contributed by atoms with Crippen molar-refractivity contribution in [2.45, 2.75) is 18.5 Å². The molecule has 1 aliphatic rings. The van der Waals surface area contributed by atoms with Gasteiger partial charge in [0.15, 0.2) is 0 Å². The number of alkyl halides is 3. The number of carbonyl (C=O) groups excluding carboxylic acids is 1. The molecule has 1 amide bonds. The normalized spacial score (nSPS) is 17.4. The molecule has 0 bridgehead atoms. The minimum atomic E-state index is -4.50. The van der Waals surface area contributed by atoms with Crippen LogP contribution in [0, 0.1) is 0 Å². The van der Waals surface area contributed by atoms with Crippen LogP contribution in [-0.2, 0) is 11.0 Å². The number of nitrogens with two attached hydrogens (primary N) is 1. The van der Waals surface area contributed by atoms with Gasteiger partial charge in [0.05, 0.1) is 40.3 Å². The molecule has 1 aromatic heterocycles. The first-order valence-electron chi connectivity index (χ1n) is 8.06. The molecule has 0 radical (unpaired) electrons. The van der Waals surface area contributed by atoms with E-state index in [1.165, 1.54) is 18.3 Å². The maximum absolute atomic E-state index is 13.1. The topological polar surface area (TPSA) is 99.4 Å². The molecule has 1 atom stereocenters. The Balaban J connectivity index is 1.98. The maximum Gasteiger partial charge on any atom is 0.416 e. The molecule has 1 aliphatic heterocycles. The first-order chi connectivity index (χ1) is 12.8. The Hall–Kier alpha value is -2.15. The number of halogens is 4. The second-order valence-corrected chi connectivity index (χ2v) is 6.78. The number of hydrogen-bond acceptors (Lipinski definition) is 5. The van der Waals surface area contributed by atoms with Crippen LogP contribution < -0.4 is 11.1 Å². The largest absolute Gasteiger partial charge is 0.416 e. The van der Waals surface area contributed by atoms with Crippen molar-refractivity contribution in [1.29, 1.82) is 0 Å². The lowest BCUT2D eigenvalue weighted by molar-refractivity contribution is -0.137. The highest BCUT2D eigenvalue weighted by atomic mass is 127. The number of nitrogens with zero attached hydrogens (tertiary/aromatic N) is 3. The third-order valence-corrected chi connectivity index (χ3v) is 4.73. The van der Waals surface area contributed by atoms with Crippen molar-refractivity contribution in [3.63, 3.8) is 0 Å². The quantitative estimate of drug-likeness (QED) is 0.328. The van der Waals surface area contributed by atoms with E-state index >= 15 is 0 Å². The van der Waals surface area contributed by atoms with Crippen LogP contribution >= 0.6 is 22.9 Å². The molecule has 2 aromatic rings. The minimum Gasteiger partial charge on any atom is -0.382 e. The highest BCUT2D eigenvalue weighted by molar-refractivity contribution is 14.1. The van der Waals surface area contributed by atoms with E-state index in [1.54, 1.807) is 22.9 Å². The molecule has 0 fully saturated rings. The van der Waals surface area contributed by atoms with Gasteiger partial charge in [-0.2, -0.15) is 26.6 Å². The van der Waals surface area contributed by atoms with Gasteiger partial charge in [0.2, 0.25) is 0 Å². The number of nitrogens with one attached hydrogen (secondary N) is 2. The fraction of sp³-hybridized carbons (Fsp3) is 0.312. The third kappa shape index (κ3) is 4.08. The average Bonchev–Trinajstić information content (AvgIpc) is 3.19. The third-order valence-electron chi connectivity index (χ3n) is 4.04. The van der Waals surface area contributed by atoms with Crippen LogP contribution in [0.25, 0.3) is 0 Å². The summed E-state index contributed by atoms with van der Waals surface area (Å²) in [6.07, 6.45) is -2.23. The predicted octanol–water partition coefficient (Wildman–Crippen LogP) is 2.87. The lowest BCUT2D eigenvalue weighted by Crippen LogP contribution is -2.22. The van der Waals surface area contributed by atoms with E-state index in [-0.39, 0.29) is 5.56 Å². The number of hydrazone groups is 1. The minimum absolute atomic E-state index is 0.218. The van der Waals surface area contributed by atoms with Crippen LogP contribution in [0.15, 0.2) is 35.6 Å². The Morgan fingerprint density at radius 2 is 2.15 bits per heavy atom. The average molecular weight is 492 g/mol. The van der Waals surface area contributed by atoms with Gasteiger partial charge in [-0.15, -0.1) is 0 Å². The fourth-order valence-electron chi connectivity index (χ4n) is 2.75. The summed E-state index contributed by atoms with van der Waals surface area (Å²) < 4.78 is 40.3. The van der Waals surface area contributed by atoms with Gasteiger partial charge in [-0.25, -0.2) is 0 Å². The van der Waals surface area contributed by atoms with Gasteiger partial charge in [0.25, 0.3) is 5.91 Å². The molecule has 0 saturated carbocycles. The molecular weight excluding hydrogens is 476 g/mol. The number of carbonyl (C=O) groups is 1. The molecule has 4 N–H and O–H groups in total. The number of aromatic amines is 1. The van der Waals surface area contributed by atoms with Crippen molar-refractivity contribution in [1.82, 2.24) is 13.4 Å². The van der Waals surface area contributed by atoms with Crippen LogP contribution in [0.3, 0.4) is 0 Å². The van der Waals surface area contributed by atoms with Gasteiger partial charge < -0.3 is 11.1 Å². The molecule has 1 aromatic carbocycles. The molecule has 11 heteroatoms. The highest BCUT2D eigenvalue weighted by Gasteiger charge is 2.40. The van der Waals surface area contributed by atoms with Crippen molar-refractivity contribution >= 4 is 40.2 Å². The highest BCUT2D eigenvalue weighted by Crippen LogP contribution is 2.36.